The van der Waals surface area contributed by atoms with Crippen LogP contribution in [-0.2, 0) is 15.0 Å². The Morgan fingerprint density at radius 1 is 1.07 bits per heavy atom. The van der Waals surface area contributed by atoms with Crippen LogP contribution in [0, 0.1) is 5.92 Å². The van der Waals surface area contributed by atoms with Gasteiger partial charge in [0.05, 0.1) is 0 Å². The number of likely N-dealkylation sites (tertiary alicyclic amines) is 1. The Balaban J connectivity index is 1.47. The molecule has 1 heterocycles. The van der Waals surface area contributed by atoms with Gasteiger partial charge in [0, 0.05) is 39.5 Å². The van der Waals surface area contributed by atoms with E-state index < -0.39 is 0 Å². The van der Waals surface area contributed by atoms with Crippen LogP contribution in [0.4, 0.5) is 0 Å². The summed E-state index contributed by atoms with van der Waals surface area (Å²) in [4.78, 5) is 29.2. The molecule has 1 atom stereocenters. The number of amides is 2. The van der Waals surface area contributed by atoms with Crippen LogP contribution in [0.25, 0.3) is 0 Å². The molecule has 1 aromatic rings. The van der Waals surface area contributed by atoms with Crippen molar-refractivity contribution in [3.05, 3.63) is 35.4 Å². The van der Waals surface area contributed by atoms with Crippen molar-refractivity contribution in [3.63, 3.8) is 0 Å². The first-order chi connectivity index (χ1) is 13.5. The summed E-state index contributed by atoms with van der Waals surface area (Å²) in [6, 6.07) is 8.73. The molecule has 4 heteroatoms. The summed E-state index contributed by atoms with van der Waals surface area (Å²) in [5, 5.41) is 0. The second-order valence-corrected chi connectivity index (χ2v) is 9.42. The number of carbonyl (C=O) groups excluding carboxylic acids is 2. The number of benzene rings is 1. The maximum Gasteiger partial charge on any atom is 0.225 e. The van der Waals surface area contributed by atoms with E-state index in [1.807, 2.05) is 14.1 Å². The van der Waals surface area contributed by atoms with E-state index in [4.69, 9.17) is 0 Å². The summed E-state index contributed by atoms with van der Waals surface area (Å²) >= 11 is 0. The van der Waals surface area contributed by atoms with E-state index in [0.717, 1.165) is 45.2 Å². The first kappa shape index (κ1) is 19.5. The van der Waals surface area contributed by atoms with Crippen molar-refractivity contribution in [1.29, 1.82) is 0 Å². The molecule has 2 fully saturated rings. The molecule has 1 saturated carbocycles. The Morgan fingerprint density at radius 3 is 2.43 bits per heavy atom. The fourth-order valence-electron chi connectivity index (χ4n) is 5.84. The molecule has 2 amide bonds. The highest BCUT2D eigenvalue weighted by Crippen LogP contribution is 2.52. The lowest BCUT2D eigenvalue weighted by Crippen LogP contribution is -2.46. The van der Waals surface area contributed by atoms with Gasteiger partial charge in [0.15, 0.2) is 0 Å². The second-order valence-electron chi connectivity index (χ2n) is 9.42. The maximum atomic E-state index is 13.0. The third kappa shape index (κ3) is 3.58. The first-order valence-corrected chi connectivity index (χ1v) is 11.1. The Labute approximate surface area is 169 Å². The molecule has 0 radical (unpaired) electrons. The van der Waals surface area contributed by atoms with E-state index in [0.29, 0.717) is 18.2 Å². The quantitative estimate of drug-likeness (QED) is 0.790. The highest BCUT2D eigenvalue weighted by molar-refractivity contribution is 5.79. The Kier molecular flexibility index (Phi) is 5.48. The number of fused-ring (bicyclic) bond motifs is 2. The maximum absolute atomic E-state index is 13.0. The van der Waals surface area contributed by atoms with E-state index in [-0.39, 0.29) is 17.2 Å². The molecule has 0 N–H and O–H groups in total. The molecule has 0 aromatic heterocycles. The highest BCUT2D eigenvalue weighted by Gasteiger charge is 2.46. The molecular formula is C24H34N2O2. The van der Waals surface area contributed by atoms with Crippen molar-refractivity contribution >= 4 is 11.8 Å². The average Bonchev–Trinajstić information content (AvgIpc) is 3.02. The second kappa shape index (κ2) is 7.88. The topological polar surface area (TPSA) is 40.6 Å². The van der Waals surface area contributed by atoms with Crippen molar-refractivity contribution in [2.24, 2.45) is 5.92 Å². The Hall–Kier alpha value is -1.84. The molecule has 3 aliphatic rings. The largest absolute Gasteiger partial charge is 0.349 e. The van der Waals surface area contributed by atoms with Crippen molar-refractivity contribution < 1.29 is 9.59 Å². The van der Waals surface area contributed by atoms with Gasteiger partial charge in [-0.25, -0.2) is 0 Å². The SMILES string of the molecule is CN(C)C(=O)C[C@H]1CC2(CCN(C(=O)C3CCCCC3)CC2)c2ccccc21. The number of rotatable bonds is 3. The zero-order valence-electron chi connectivity index (χ0n) is 17.5. The lowest BCUT2D eigenvalue weighted by Gasteiger charge is -2.42. The normalized spacial score (nSPS) is 24.2. The van der Waals surface area contributed by atoms with Crippen LogP contribution in [0.15, 0.2) is 24.3 Å². The fourth-order valence-corrected chi connectivity index (χ4v) is 5.84. The van der Waals surface area contributed by atoms with Crippen LogP contribution < -0.4 is 0 Å². The highest BCUT2D eigenvalue weighted by atomic mass is 16.2. The minimum atomic E-state index is 0.150. The number of hydrogen-bond acceptors (Lipinski definition) is 2. The molecule has 28 heavy (non-hydrogen) atoms. The zero-order valence-corrected chi connectivity index (χ0v) is 17.5. The van der Waals surface area contributed by atoms with E-state index in [2.05, 4.69) is 29.2 Å². The van der Waals surface area contributed by atoms with Gasteiger partial charge in [-0.05, 0) is 54.6 Å². The van der Waals surface area contributed by atoms with E-state index in [1.165, 1.54) is 30.4 Å². The predicted molar refractivity (Wildman–Crippen MR) is 111 cm³/mol. The van der Waals surface area contributed by atoms with Crippen LogP contribution in [0.3, 0.4) is 0 Å². The fraction of sp³-hybridized carbons (Fsp3) is 0.667. The number of piperidine rings is 1. The van der Waals surface area contributed by atoms with E-state index >= 15 is 0 Å². The molecule has 2 aliphatic carbocycles. The smallest absolute Gasteiger partial charge is 0.225 e. The average molecular weight is 383 g/mol. The van der Waals surface area contributed by atoms with E-state index in [9.17, 15) is 9.59 Å². The van der Waals surface area contributed by atoms with Gasteiger partial charge in [-0.3, -0.25) is 9.59 Å². The summed E-state index contributed by atoms with van der Waals surface area (Å²) in [6.45, 7) is 1.75. The molecular weight excluding hydrogens is 348 g/mol. The number of hydrogen-bond donors (Lipinski definition) is 0. The van der Waals surface area contributed by atoms with Gasteiger partial charge in [-0.2, -0.15) is 0 Å². The molecule has 1 saturated heterocycles. The van der Waals surface area contributed by atoms with Crippen LogP contribution in [0.5, 0.6) is 0 Å². The van der Waals surface area contributed by atoms with Gasteiger partial charge in [0.2, 0.25) is 11.8 Å². The van der Waals surface area contributed by atoms with Crippen LogP contribution in [-0.4, -0.2) is 48.8 Å². The summed E-state index contributed by atoms with van der Waals surface area (Å²) in [6.07, 6.45) is 9.59. The molecule has 4 rings (SSSR count). The predicted octanol–water partition coefficient (Wildman–Crippen LogP) is 4.09. The first-order valence-electron chi connectivity index (χ1n) is 11.1. The van der Waals surface area contributed by atoms with Gasteiger partial charge < -0.3 is 9.80 Å². The van der Waals surface area contributed by atoms with Crippen molar-refractivity contribution in [2.45, 2.75) is 69.1 Å². The molecule has 0 unspecified atom stereocenters. The van der Waals surface area contributed by atoms with Crippen LogP contribution >= 0.6 is 0 Å². The minimum Gasteiger partial charge on any atom is -0.349 e. The summed E-state index contributed by atoms with van der Waals surface area (Å²) in [5.74, 6) is 1.19. The zero-order chi connectivity index (χ0) is 19.7. The molecule has 1 aliphatic heterocycles. The van der Waals surface area contributed by atoms with Gasteiger partial charge in [-0.1, -0.05) is 43.5 Å². The lowest BCUT2D eigenvalue weighted by atomic mass is 9.73. The van der Waals surface area contributed by atoms with Crippen molar-refractivity contribution in [1.82, 2.24) is 9.80 Å². The minimum absolute atomic E-state index is 0.150. The number of carbonyl (C=O) groups is 2. The standard InChI is InChI=1S/C24H34N2O2/c1-25(2)22(27)16-19-17-24(21-11-7-6-10-20(19)21)12-14-26(15-13-24)23(28)18-8-4-3-5-9-18/h6-7,10-11,18-19H,3-5,8-9,12-17H2,1-2H3/t19-/m0/s1. The summed E-state index contributed by atoms with van der Waals surface area (Å²) in [7, 11) is 3.68. The van der Waals surface area contributed by atoms with Gasteiger partial charge in [-0.15, -0.1) is 0 Å². The molecule has 152 valence electrons. The van der Waals surface area contributed by atoms with Crippen molar-refractivity contribution in [3.8, 4) is 0 Å². The third-order valence-corrected chi connectivity index (χ3v) is 7.52. The third-order valence-electron chi connectivity index (χ3n) is 7.52. The number of nitrogens with zero attached hydrogens (tertiary/aromatic N) is 2. The van der Waals surface area contributed by atoms with Crippen LogP contribution in [0.2, 0.25) is 0 Å². The summed E-state index contributed by atoms with van der Waals surface area (Å²) in [5.41, 5.74) is 2.96. The molecule has 1 spiro atoms. The summed E-state index contributed by atoms with van der Waals surface area (Å²) < 4.78 is 0. The van der Waals surface area contributed by atoms with Crippen LogP contribution in [0.1, 0.15) is 74.8 Å². The van der Waals surface area contributed by atoms with E-state index in [1.54, 1.807) is 4.90 Å². The Morgan fingerprint density at radius 2 is 1.75 bits per heavy atom. The molecule has 4 nitrogen and oxygen atoms in total. The molecule has 0 bridgehead atoms. The van der Waals surface area contributed by atoms with Crippen molar-refractivity contribution in [2.75, 3.05) is 27.2 Å². The lowest BCUT2D eigenvalue weighted by molar-refractivity contribution is -0.138. The van der Waals surface area contributed by atoms with Gasteiger partial charge >= 0.3 is 0 Å². The Bertz CT molecular complexity index is 728. The van der Waals surface area contributed by atoms with Gasteiger partial charge in [0.1, 0.15) is 0 Å². The van der Waals surface area contributed by atoms with Gasteiger partial charge in [0.25, 0.3) is 0 Å². The molecule has 1 aromatic carbocycles. The monoisotopic (exact) mass is 382 g/mol.